The van der Waals surface area contributed by atoms with Gasteiger partial charge in [-0.1, -0.05) is 6.07 Å². The molecule has 0 saturated carbocycles. The second kappa shape index (κ2) is 7.50. The van der Waals surface area contributed by atoms with Gasteiger partial charge in [0.1, 0.15) is 5.75 Å². The third kappa shape index (κ3) is 3.90. The molecular weight excluding hydrogens is 396 g/mol. The van der Waals surface area contributed by atoms with Crippen LogP contribution in [0.15, 0.2) is 40.9 Å². The van der Waals surface area contributed by atoms with E-state index in [4.69, 9.17) is 4.74 Å². The van der Waals surface area contributed by atoms with Crippen molar-refractivity contribution in [1.29, 1.82) is 0 Å². The van der Waals surface area contributed by atoms with Gasteiger partial charge in [-0.25, -0.2) is 0 Å². The van der Waals surface area contributed by atoms with Gasteiger partial charge in [0.05, 0.1) is 4.47 Å². The molecule has 1 aliphatic rings. The van der Waals surface area contributed by atoms with E-state index in [0.29, 0.717) is 18.0 Å². The maximum Gasteiger partial charge on any atom is 0.265 e. The van der Waals surface area contributed by atoms with E-state index in [-0.39, 0.29) is 11.8 Å². The lowest BCUT2D eigenvalue weighted by Gasteiger charge is -2.17. The predicted octanol–water partition coefficient (Wildman–Crippen LogP) is 4.07. The van der Waals surface area contributed by atoms with E-state index < -0.39 is 6.10 Å². The number of benzene rings is 2. The SMILES string of the molecule is CC(=O)N1CCc2cc(NC(=O)C(C)Oc3ccc(C)cc3Br)ccc21. The van der Waals surface area contributed by atoms with E-state index in [2.05, 4.69) is 21.2 Å². The smallest absolute Gasteiger partial charge is 0.265 e. The molecule has 3 rings (SSSR count). The summed E-state index contributed by atoms with van der Waals surface area (Å²) in [6.45, 7) is 5.95. The molecule has 136 valence electrons. The predicted molar refractivity (Wildman–Crippen MR) is 106 cm³/mol. The molecule has 2 amide bonds. The zero-order valence-electron chi connectivity index (χ0n) is 15.0. The van der Waals surface area contributed by atoms with Crippen molar-refractivity contribution in [3.63, 3.8) is 0 Å². The summed E-state index contributed by atoms with van der Waals surface area (Å²) in [6.07, 6.45) is 0.150. The second-order valence-corrected chi connectivity index (χ2v) is 7.30. The fraction of sp³-hybridized carbons (Fsp3) is 0.300. The van der Waals surface area contributed by atoms with Crippen LogP contribution in [0.4, 0.5) is 11.4 Å². The number of ether oxygens (including phenoxy) is 1. The van der Waals surface area contributed by atoms with E-state index >= 15 is 0 Å². The van der Waals surface area contributed by atoms with Gasteiger partial charge in [-0.05, 0) is 77.7 Å². The molecule has 0 aliphatic carbocycles. The van der Waals surface area contributed by atoms with Crippen molar-refractivity contribution in [2.75, 3.05) is 16.8 Å². The van der Waals surface area contributed by atoms with Crippen molar-refractivity contribution >= 4 is 39.1 Å². The first-order chi connectivity index (χ1) is 12.3. The van der Waals surface area contributed by atoms with Gasteiger partial charge in [0.25, 0.3) is 5.91 Å². The molecule has 6 heteroatoms. The highest BCUT2D eigenvalue weighted by Gasteiger charge is 2.23. The molecule has 5 nitrogen and oxygen atoms in total. The maximum atomic E-state index is 12.5. The molecule has 1 heterocycles. The van der Waals surface area contributed by atoms with Crippen LogP contribution in [0, 0.1) is 6.92 Å². The quantitative estimate of drug-likeness (QED) is 0.816. The molecule has 2 aromatic carbocycles. The van der Waals surface area contributed by atoms with Crippen LogP contribution in [-0.4, -0.2) is 24.5 Å². The van der Waals surface area contributed by atoms with Gasteiger partial charge < -0.3 is 15.0 Å². The summed E-state index contributed by atoms with van der Waals surface area (Å²) in [5.41, 5.74) is 3.80. The van der Waals surface area contributed by atoms with E-state index in [0.717, 1.165) is 27.7 Å². The molecule has 0 fully saturated rings. The van der Waals surface area contributed by atoms with Crippen molar-refractivity contribution in [3.8, 4) is 5.75 Å². The first-order valence-corrected chi connectivity index (χ1v) is 9.29. The Bertz CT molecular complexity index is 866. The van der Waals surface area contributed by atoms with Crippen LogP contribution in [0.5, 0.6) is 5.75 Å². The molecule has 0 radical (unpaired) electrons. The van der Waals surface area contributed by atoms with Gasteiger partial charge in [-0.3, -0.25) is 9.59 Å². The summed E-state index contributed by atoms with van der Waals surface area (Å²) in [5.74, 6) is 0.439. The number of fused-ring (bicyclic) bond motifs is 1. The number of hydrogen-bond acceptors (Lipinski definition) is 3. The van der Waals surface area contributed by atoms with Crippen LogP contribution in [0.25, 0.3) is 0 Å². The van der Waals surface area contributed by atoms with Crippen LogP contribution in [0.3, 0.4) is 0 Å². The van der Waals surface area contributed by atoms with Crippen LogP contribution in [0.1, 0.15) is 25.0 Å². The Hall–Kier alpha value is -2.34. The molecule has 1 atom stereocenters. The average Bonchev–Trinajstić information content (AvgIpc) is 3.00. The minimum Gasteiger partial charge on any atom is -0.480 e. The average molecular weight is 417 g/mol. The molecule has 1 N–H and O–H groups in total. The third-order valence-corrected chi connectivity index (χ3v) is 5.00. The van der Waals surface area contributed by atoms with Crippen molar-refractivity contribution < 1.29 is 14.3 Å². The van der Waals surface area contributed by atoms with E-state index in [1.54, 1.807) is 18.7 Å². The Balaban J connectivity index is 1.67. The van der Waals surface area contributed by atoms with Gasteiger partial charge >= 0.3 is 0 Å². The van der Waals surface area contributed by atoms with Crippen molar-refractivity contribution in [1.82, 2.24) is 0 Å². The molecule has 2 aromatic rings. The lowest BCUT2D eigenvalue weighted by atomic mass is 10.1. The summed E-state index contributed by atoms with van der Waals surface area (Å²) < 4.78 is 6.58. The summed E-state index contributed by atoms with van der Waals surface area (Å²) in [6, 6.07) is 11.3. The summed E-state index contributed by atoms with van der Waals surface area (Å²) in [5, 5.41) is 2.88. The number of carbonyl (C=O) groups excluding carboxylic acids is 2. The summed E-state index contributed by atoms with van der Waals surface area (Å²) in [4.78, 5) is 25.8. The number of carbonyl (C=O) groups is 2. The van der Waals surface area contributed by atoms with E-state index in [9.17, 15) is 9.59 Å². The number of halogens is 1. The van der Waals surface area contributed by atoms with Gasteiger partial charge in [-0.15, -0.1) is 0 Å². The largest absolute Gasteiger partial charge is 0.480 e. The molecule has 0 aromatic heterocycles. The van der Waals surface area contributed by atoms with E-state index in [1.807, 2.05) is 43.3 Å². The molecule has 0 spiro atoms. The Morgan fingerprint density at radius 3 is 2.69 bits per heavy atom. The van der Waals surface area contributed by atoms with Crippen LogP contribution >= 0.6 is 15.9 Å². The minimum atomic E-state index is -0.643. The maximum absolute atomic E-state index is 12.5. The number of nitrogens with one attached hydrogen (secondary N) is 1. The normalized spacial score (nSPS) is 13.9. The Morgan fingerprint density at radius 2 is 2.00 bits per heavy atom. The fourth-order valence-corrected chi connectivity index (χ4v) is 3.58. The summed E-state index contributed by atoms with van der Waals surface area (Å²) >= 11 is 3.45. The summed E-state index contributed by atoms with van der Waals surface area (Å²) in [7, 11) is 0. The standard InChI is InChI=1S/C20H21BrN2O3/c1-12-4-7-19(17(21)10-12)26-13(2)20(25)22-16-5-6-18-15(11-16)8-9-23(18)14(3)24/h4-7,10-11,13H,8-9H2,1-3H3,(H,22,25). The van der Waals surface area contributed by atoms with Crippen LogP contribution < -0.4 is 15.0 Å². The number of aryl methyl sites for hydroxylation is 1. The number of amides is 2. The van der Waals surface area contributed by atoms with Crippen molar-refractivity contribution in [2.45, 2.75) is 33.3 Å². The Labute approximate surface area is 161 Å². The highest BCUT2D eigenvalue weighted by molar-refractivity contribution is 9.10. The first-order valence-electron chi connectivity index (χ1n) is 8.50. The number of rotatable bonds is 4. The zero-order chi connectivity index (χ0) is 18.8. The van der Waals surface area contributed by atoms with Gasteiger partial charge in [0, 0.05) is 24.8 Å². The highest BCUT2D eigenvalue weighted by atomic mass is 79.9. The van der Waals surface area contributed by atoms with Crippen molar-refractivity contribution in [3.05, 3.63) is 52.0 Å². The topological polar surface area (TPSA) is 58.6 Å². The third-order valence-electron chi connectivity index (χ3n) is 4.38. The lowest BCUT2D eigenvalue weighted by Crippen LogP contribution is -2.30. The van der Waals surface area contributed by atoms with Crippen LogP contribution in [-0.2, 0) is 16.0 Å². The monoisotopic (exact) mass is 416 g/mol. The van der Waals surface area contributed by atoms with Crippen molar-refractivity contribution in [2.24, 2.45) is 0 Å². The molecule has 1 aliphatic heterocycles. The first kappa shape index (κ1) is 18.5. The number of nitrogens with zero attached hydrogens (tertiary/aromatic N) is 1. The molecule has 0 bridgehead atoms. The molecule has 1 unspecified atom stereocenters. The Kier molecular flexibility index (Phi) is 5.32. The van der Waals surface area contributed by atoms with Gasteiger partial charge in [0.15, 0.2) is 6.10 Å². The highest BCUT2D eigenvalue weighted by Crippen LogP contribution is 2.31. The second-order valence-electron chi connectivity index (χ2n) is 6.45. The number of hydrogen-bond donors (Lipinski definition) is 1. The lowest BCUT2D eigenvalue weighted by molar-refractivity contribution is -0.122. The Morgan fingerprint density at radius 1 is 1.23 bits per heavy atom. The molecular formula is C20H21BrN2O3. The molecule has 26 heavy (non-hydrogen) atoms. The zero-order valence-corrected chi connectivity index (χ0v) is 16.6. The molecule has 0 saturated heterocycles. The van der Waals surface area contributed by atoms with Crippen LogP contribution in [0.2, 0.25) is 0 Å². The fourth-order valence-electron chi connectivity index (χ4n) is 3.00. The van der Waals surface area contributed by atoms with Gasteiger partial charge in [0.2, 0.25) is 5.91 Å². The minimum absolute atomic E-state index is 0.0335. The van der Waals surface area contributed by atoms with E-state index in [1.165, 1.54) is 0 Å². The number of anilines is 2. The van der Waals surface area contributed by atoms with Gasteiger partial charge in [-0.2, -0.15) is 0 Å².